The van der Waals surface area contributed by atoms with E-state index < -0.39 is 6.10 Å². The fraction of sp³-hybridized carbons (Fsp3) is 0.269. The highest BCUT2D eigenvalue weighted by molar-refractivity contribution is 5.90. The van der Waals surface area contributed by atoms with Crippen LogP contribution in [0.1, 0.15) is 41.4 Å². The monoisotopic (exact) mass is 403 g/mol. The molecular weight excluding hydrogens is 374 g/mol. The molecule has 2 atom stereocenters. The Morgan fingerprint density at radius 3 is 2.13 bits per heavy atom. The van der Waals surface area contributed by atoms with Crippen LogP contribution >= 0.6 is 0 Å². The van der Waals surface area contributed by atoms with Crippen LogP contribution in [0.3, 0.4) is 0 Å². The molecule has 0 aliphatic heterocycles. The number of benzene rings is 3. The summed E-state index contributed by atoms with van der Waals surface area (Å²) in [7, 11) is 0. The number of aliphatic hydroxyl groups is 1. The molecule has 2 N–H and O–H groups in total. The van der Waals surface area contributed by atoms with Crippen molar-refractivity contribution < 1.29 is 14.6 Å². The Balaban J connectivity index is 1.53. The van der Waals surface area contributed by atoms with Crippen molar-refractivity contribution in [3.8, 4) is 11.1 Å². The first-order valence-electron chi connectivity index (χ1n) is 10.4. The first kappa shape index (κ1) is 21.8. The van der Waals surface area contributed by atoms with Gasteiger partial charge in [-0.3, -0.25) is 0 Å². The van der Waals surface area contributed by atoms with E-state index in [0.717, 1.165) is 23.1 Å². The zero-order chi connectivity index (χ0) is 21.3. The molecule has 2 unspecified atom stereocenters. The van der Waals surface area contributed by atoms with Crippen molar-refractivity contribution >= 4 is 5.97 Å². The van der Waals surface area contributed by atoms with E-state index in [4.69, 9.17) is 4.74 Å². The van der Waals surface area contributed by atoms with Gasteiger partial charge in [-0.2, -0.15) is 0 Å². The molecule has 0 aliphatic carbocycles. The summed E-state index contributed by atoms with van der Waals surface area (Å²) in [4.78, 5) is 11.8. The van der Waals surface area contributed by atoms with E-state index in [1.807, 2.05) is 42.5 Å². The molecule has 3 rings (SSSR count). The molecule has 0 radical (unpaired) electrons. The molecule has 0 aromatic heterocycles. The summed E-state index contributed by atoms with van der Waals surface area (Å²) in [5.74, 6) is -0.293. The molecule has 0 spiro atoms. The van der Waals surface area contributed by atoms with E-state index in [1.165, 1.54) is 5.56 Å². The van der Waals surface area contributed by atoms with E-state index in [1.54, 1.807) is 19.1 Å². The van der Waals surface area contributed by atoms with Gasteiger partial charge in [0, 0.05) is 12.6 Å². The molecule has 156 valence electrons. The lowest BCUT2D eigenvalue weighted by Gasteiger charge is -2.17. The third-order valence-corrected chi connectivity index (χ3v) is 5.07. The molecule has 0 amide bonds. The van der Waals surface area contributed by atoms with E-state index in [0.29, 0.717) is 18.7 Å². The van der Waals surface area contributed by atoms with Gasteiger partial charge in [0.05, 0.1) is 18.3 Å². The predicted molar refractivity (Wildman–Crippen MR) is 120 cm³/mol. The van der Waals surface area contributed by atoms with Crippen molar-refractivity contribution in [2.75, 3.05) is 13.2 Å². The van der Waals surface area contributed by atoms with Crippen LogP contribution < -0.4 is 5.32 Å². The lowest BCUT2D eigenvalue weighted by atomic mass is 10.00. The van der Waals surface area contributed by atoms with Crippen molar-refractivity contribution in [2.24, 2.45) is 0 Å². The summed E-state index contributed by atoms with van der Waals surface area (Å²) >= 11 is 0. The summed E-state index contributed by atoms with van der Waals surface area (Å²) in [6.07, 6.45) is 0.373. The molecular formula is C26H29NO3. The standard InChI is InChI=1S/C26H29NO3/c1-3-30-26(29)24-15-13-22(14-16-24)21-11-9-20(10-12-21)17-19(2)27-18-25(28)23-7-5-4-6-8-23/h4-16,19,25,27-28H,3,17-18H2,1-2H3. The molecule has 3 aromatic rings. The van der Waals surface area contributed by atoms with Gasteiger partial charge in [-0.1, -0.05) is 66.7 Å². The minimum atomic E-state index is -0.506. The van der Waals surface area contributed by atoms with Gasteiger partial charge >= 0.3 is 5.97 Å². The number of esters is 1. The highest BCUT2D eigenvalue weighted by atomic mass is 16.5. The van der Waals surface area contributed by atoms with Gasteiger partial charge < -0.3 is 15.2 Å². The van der Waals surface area contributed by atoms with E-state index in [9.17, 15) is 9.90 Å². The number of hydrogen-bond donors (Lipinski definition) is 2. The molecule has 0 saturated carbocycles. The zero-order valence-corrected chi connectivity index (χ0v) is 17.5. The Bertz CT molecular complexity index is 921. The zero-order valence-electron chi connectivity index (χ0n) is 17.5. The fourth-order valence-corrected chi connectivity index (χ4v) is 3.38. The summed E-state index contributed by atoms with van der Waals surface area (Å²) in [6.45, 7) is 4.83. The molecule has 4 nitrogen and oxygen atoms in total. The number of carbonyl (C=O) groups is 1. The van der Waals surface area contributed by atoms with Crippen LogP contribution in [0.4, 0.5) is 0 Å². The second-order valence-corrected chi connectivity index (χ2v) is 7.43. The fourth-order valence-electron chi connectivity index (χ4n) is 3.38. The second kappa shape index (κ2) is 10.7. The van der Waals surface area contributed by atoms with Crippen LogP contribution in [0.15, 0.2) is 78.9 Å². The van der Waals surface area contributed by atoms with Gasteiger partial charge in [0.2, 0.25) is 0 Å². The van der Waals surface area contributed by atoms with E-state index in [2.05, 4.69) is 36.5 Å². The quantitative estimate of drug-likeness (QED) is 0.505. The third-order valence-electron chi connectivity index (χ3n) is 5.07. The SMILES string of the molecule is CCOC(=O)c1ccc(-c2ccc(CC(C)NCC(O)c3ccccc3)cc2)cc1. The van der Waals surface area contributed by atoms with Gasteiger partial charge in [0.25, 0.3) is 0 Å². The molecule has 0 aliphatic rings. The van der Waals surface area contributed by atoms with E-state index >= 15 is 0 Å². The average molecular weight is 404 g/mol. The summed E-state index contributed by atoms with van der Waals surface area (Å²) in [6, 6.07) is 25.9. The van der Waals surface area contributed by atoms with Crippen LogP contribution in [-0.4, -0.2) is 30.3 Å². The molecule has 0 bridgehead atoms. The summed E-state index contributed by atoms with van der Waals surface area (Å²) in [5, 5.41) is 13.7. The smallest absolute Gasteiger partial charge is 0.338 e. The first-order valence-corrected chi connectivity index (χ1v) is 10.4. The number of ether oxygens (including phenoxy) is 1. The Labute approximate surface area is 178 Å². The Morgan fingerprint density at radius 2 is 1.53 bits per heavy atom. The first-order chi connectivity index (χ1) is 14.6. The maximum atomic E-state index is 11.8. The van der Waals surface area contributed by atoms with Gasteiger partial charge in [-0.05, 0) is 54.7 Å². The number of rotatable bonds is 9. The minimum absolute atomic E-state index is 0.248. The van der Waals surface area contributed by atoms with E-state index in [-0.39, 0.29) is 12.0 Å². The molecule has 0 heterocycles. The van der Waals surface area contributed by atoms with Crippen molar-refractivity contribution in [2.45, 2.75) is 32.4 Å². The molecule has 30 heavy (non-hydrogen) atoms. The maximum absolute atomic E-state index is 11.8. The molecule has 0 saturated heterocycles. The molecule has 4 heteroatoms. The number of aliphatic hydroxyl groups excluding tert-OH is 1. The maximum Gasteiger partial charge on any atom is 0.338 e. The highest BCUT2D eigenvalue weighted by Gasteiger charge is 2.10. The minimum Gasteiger partial charge on any atom is -0.462 e. The lowest BCUT2D eigenvalue weighted by Crippen LogP contribution is -2.32. The average Bonchev–Trinajstić information content (AvgIpc) is 2.79. The van der Waals surface area contributed by atoms with Gasteiger partial charge in [0.1, 0.15) is 0 Å². The van der Waals surface area contributed by atoms with Gasteiger partial charge in [-0.25, -0.2) is 4.79 Å². The Morgan fingerprint density at radius 1 is 0.933 bits per heavy atom. The summed E-state index contributed by atoms with van der Waals surface area (Å²) < 4.78 is 5.03. The van der Waals surface area contributed by atoms with Crippen molar-refractivity contribution in [1.29, 1.82) is 0 Å². The summed E-state index contributed by atoms with van der Waals surface area (Å²) in [5.41, 5.74) is 4.89. The van der Waals surface area contributed by atoms with Gasteiger partial charge in [-0.15, -0.1) is 0 Å². The second-order valence-electron chi connectivity index (χ2n) is 7.43. The lowest BCUT2D eigenvalue weighted by molar-refractivity contribution is 0.0526. The van der Waals surface area contributed by atoms with Crippen LogP contribution in [-0.2, 0) is 11.2 Å². The third kappa shape index (κ3) is 6.02. The van der Waals surface area contributed by atoms with Crippen LogP contribution in [0.25, 0.3) is 11.1 Å². The molecule has 3 aromatic carbocycles. The number of hydrogen-bond acceptors (Lipinski definition) is 4. The number of nitrogens with one attached hydrogen (secondary N) is 1. The van der Waals surface area contributed by atoms with Crippen molar-refractivity contribution in [1.82, 2.24) is 5.32 Å². The van der Waals surface area contributed by atoms with Crippen LogP contribution in [0.5, 0.6) is 0 Å². The van der Waals surface area contributed by atoms with Gasteiger partial charge in [0.15, 0.2) is 0 Å². The normalized spacial score (nSPS) is 12.9. The Kier molecular flexibility index (Phi) is 7.77. The predicted octanol–water partition coefficient (Wildman–Crippen LogP) is 4.78. The van der Waals surface area contributed by atoms with Crippen molar-refractivity contribution in [3.05, 3.63) is 95.6 Å². The molecule has 0 fully saturated rings. The van der Waals surface area contributed by atoms with Crippen molar-refractivity contribution in [3.63, 3.8) is 0 Å². The largest absolute Gasteiger partial charge is 0.462 e. The van der Waals surface area contributed by atoms with Crippen LogP contribution in [0.2, 0.25) is 0 Å². The topological polar surface area (TPSA) is 58.6 Å². The highest BCUT2D eigenvalue weighted by Crippen LogP contribution is 2.21. The number of carbonyl (C=O) groups excluding carboxylic acids is 1. The Hall–Kier alpha value is -2.95. The van der Waals surface area contributed by atoms with Crippen LogP contribution in [0, 0.1) is 0 Å².